The second kappa shape index (κ2) is 6.22. The minimum absolute atomic E-state index is 0.148. The van der Waals surface area contributed by atoms with E-state index in [-0.39, 0.29) is 11.1 Å². The van der Waals surface area contributed by atoms with Crippen molar-refractivity contribution in [3.8, 4) is 0 Å². The predicted octanol–water partition coefficient (Wildman–Crippen LogP) is 4.28. The summed E-state index contributed by atoms with van der Waals surface area (Å²) >= 11 is 5.79. The Morgan fingerprint density at radius 3 is 2.81 bits per heavy atom. The summed E-state index contributed by atoms with van der Waals surface area (Å²) in [5, 5.41) is 0.148. The Kier molecular flexibility index (Phi) is 4.77. The van der Waals surface area contributed by atoms with Crippen molar-refractivity contribution in [1.82, 2.24) is 4.90 Å². The number of rotatable bonds is 2. The lowest BCUT2D eigenvalue weighted by Gasteiger charge is -2.24. The van der Waals surface area contributed by atoms with Crippen LogP contribution in [0.3, 0.4) is 0 Å². The van der Waals surface area contributed by atoms with Crippen molar-refractivity contribution in [3.05, 3.63) is 34.6 Å². The highest BCUT2D eigenvalue weighted by Crippen LogP contribution is 2.24. The number of likely N-dealkylation sites (tertiary alicyclic amines) is 1. The Balaban J connectivity index is 1.90. The number of hydrogen-bond donors (Lipinski definition) is 0. The lowest BCUT2D eigenvalue weighted by Crippen LogP contribution is -2.35. The van der Waals surface area contributed by atoms with Gasteiger partial charge in [-0.2, -0.15) is 0 Å². The van der Waals surface area contributed by atoms with E-state index >= 15 is 0 Å². The standard InChI is InChI=1S/C16H21ClFNO2/c1-16(2,3)21-15(20)19-7-6-12(10-19)8-11-4-5-14(18)13(17)9-11/h4-5,9,12H,6-8,10H2,1-3H3. The second-order valence-corrected chi connectivity index (χ2v) is 6.94. The lowest BCUT2D eigenvalue weighted by molar-refractivity contribution is 0.0288. The van der Waals surface area contributed by atoms with Crippen LogP contribution in [0.25, 0.3) is 0 Å². The molecule has 0 bridgehead atoms. The average molecular weight is 314 g/mol. The van der Waals surface area contributed by atoms with E-state index in [0.29, 0.717) is 19.0 Å². The van der Waals surface area contributed by atoms with Crippen LogP contribution < -0.4 is 0 Å². The molecule has 1 aromatic carbocycles. The van der Waals surface area contributed by atoms with Gasteiger partial charge in [-0.05, 0) is 57.2 Å². The molecule has 0 N–H and O–H groups in total. The smallest absolute Gasteiger partial charge is 0.410 e. The summed E-state index contributed by atoms with van der Waals surface area (Å²) in [4.78, 5) is 13.7. The molecule has 0 aromatic heterocycles. The van der Waals surface area contributed by atoms with Gasteiger partial charge in [0.2, 0.25) is 0 Å². The fraction of sp³-hybridized carbons (Fsp3) is 0.562. The molecular weight excluding hydrogens is 293 g/mol. The maximum atomic E-state index is 13.1. The van der Waals surface area contributed by atoms with Gasteiger partial charge in [0.05, 0.1) is 5.02 Å². The first-order valence-corrected chi connectivity index (χ1v) is 7.54. The Labute approximate surface area is 130 Å². The molecule has 0 radical (unpaired) electrons. The molecule has 1 saturated heterocycles. The van der Waals surface area contributed by atoms with Crippen molar-refractivity contribution < 1.29 is 13.9 Å². The molecule has 1 atom stereocenters. The lowest BCUT2D eigenvalue weighted by atomic mass is 9.99. The molecule has 3 nitrogen and oxygen atoms in total. The quantitative estimate of drug-likeness (QED) is 0.815. The molecule has 5 heteroatoms. The van der Waals surface area contributed by atoms with Crippen LogP contribution in [0.15, 0.2) is 18.2 Å². The van der Waals surface area contributed by atoms with E-state index in [2.05, 4.69) is 0 Å². The first-order valence-electron chi connectivity index (χ1n) is 7.16. The molecule has 1 aliphatic heterocycles. The van der Waals surface area contributed by atoms with E-state index in [9.17, 15) is 9.18 Å². The van der Waals surface area contributed by atoms with E-state index in [4.69, 9.17) is 16.3 Å². The molecule has 2 rings (SSSR count). The molecule has 0 saturated carbocycles. The van der Waals surface area contributed by atoms with E-state index in [1.54, 1.807) is 17.0 Å². The summed E-state index contributed by atoms with van der Waals surface area (Å²) in [7, 11) is 0. The Hall–Kier alpha value is -1.29. The summed E-state index contributed by atoms with van der Waals surface area (Å²) in [5.41, 5.74) is 0.525. The van der Waals surface area contributed by atoms with Crippen molar-refractivity contribution in [2.24, 2.45) is 5.92 Å². The summed E-state index contributed by atoms with van der Waals surface area (Å²) in [6.45, 7) is 6.95. The number of carbonyl (C=O) groups excluding carboxylic acids is 1. The molecule has 1 unspecified atom stereocenters. The fourth-order valence-electron chi connectivity index (χ4n) is 2.49. The molecule has 1 aromatic rings. The van der Waals surface area contributed by atoms with Gasteiger partial charge >= 0.3 is 6.09 Å². The number of carbonyl (C=O) groups is 1. The minimum atomic E-state index is -0.473. The van der Waals surface area contributed by atoms with Crippen LogP contribution in [0.2, 0.25) is 5.02 Å². The Bertz CT molecular complexity index is 527. The number of hydrogen-bond acceptors (Lipinski definition) is 2. The van der Waals surface area contributed by atoms with Gasteiger partial charge in [-0.25, -0.2) is 9.18 Å². The molecule has 116 valence electrons. The third-order valence-electron chi connectivity index (χ3n) is 3.45. The van der Waals surface area contributed by atoms with Crippen molar-refractivity contribution in [2.75, 3.05) is 13.1 Å². The highest BCUT2D eigenvalue weighted by molar-refractivity contribution is 6.30. The highest BCUT2D eigenvalue weighted by atomic mass is 35.5. The zero-order valence-corrected chi connectivity index (χ0v) is 13.4. The number of halogens is 2. The van der Waals surface area contributed by atoms with Gasteiger partial charge in [0, 0.05) is 13.1 Å². The first kappa shape index (κ1) is 16.1. The Morgan fingerprint density at radius 1 is 1.48 bits per heavy atom. The number of nitrogens with zero attached hydrogens (tertiary/aromatic N) is 1. The maximum Gasteiger partial charge on any atom is 0.410 e. The monoisotopic (exact) mass is 313 g/mol. The SMILES string of the molecule is CC(C)(C)OC(=O)N1CCC(Cc2ccc(F)c(Cl)c2)C1. The first-order chi connectivity index (χ1) is 9.74. The molecule has 1 aliphatic rings. The van der Waals surface area contributed by atoms with Crippen LogP contribution >= 0.6 is 11.6 Å². The van der Waals surface area contributed by atoms with Crippen LogP contribution in [0.5, 0.6) is 0 Å². The minimum Gasteiger partial charge on any atom is -0.444 e. The van der Waals surface area contributed by atoms with Crippen LogP contribution in [0.1, 0.15) is 32.8 Å². The van der Waals surface area contributed by atoms with Crippen molar-refractivity contribution >= 4 is 17.7 Å². The summed E-state index contributed by atoms with van der Waals surface area (Å²) < 4.78 is 18.5. The van der Waals surface area contributed by atoms with Gasteiger partial charge in [0.25, 0.3) is 0 Å². The van der Waals surface area contributed by atoms with E-state index < -0.39 is 11.4 Å². The predicted molar refractivity (Wildman–Crippen MR) is 81.0 cm³/mol. The van der Waals surface area contributed by atoms with Gasteiger partial charge in [0.1, 0.15) is 11.4 Å². The number of amides is 1. The number of ether oxygens (including phenoxy) is 1. The maximum absolute atomic E-state index is 13.1. The molecule has 1 amide bonds. The zero-order chi connectivity index (χ0) is 15.6. The van der Waals surface area contributed by atoms with E-state index in [0.717, 1.165) is 18.4 Å². The van der Waals surface area contributed by atoms with E-state index in [1.165, 1.54) is 6.07 Å². The zero-order valence-electron chi connectivity index (χ0n) is 12.7. The molecule has 1 heterocycles. The normalized spacial score (nSPS) is 18.9. The molecular formula is C16H21ClFNO2. The third-order valence-corrected chi connectivity index (χ3v) is 3.74. The van der Waals surface area contributed by atoms with Gasteiger partial charge < -0.3 is 9.64 Å². The van der Waals surface area contributed by atoms with E-state index in [1.807, 2.05) is 20.8 Å². The van der Waals surface area contributed by atoms with Crippen LogP contribution in [-0.2, 0) is 11.2 Å². The van der Waals surface area contributed by atoms with Gasteiger partial charge in [-0.15, -0.1) is 0 Å². The van der Waals surface area contributed by atoms with Crippen LogP contribution in [-0.4, -0.2) is 29.7 Å². The van der Waals surface area contributed by atoms with Crippen molar-refractivity contribution in [3.63, 3.8) is 0 Å². The summed E-state index contributed by atoms with van der Waals surface area (Å²) in [5.74, 6) is -0.0405. The van der Waals surface area contributed by atoms with Crippen molar-refractivity contribution in [1.29, 1.82) is 0 Å². The molecule has 1 fully saturated rings. The summed E-state index contributed by atoms with van der Waals surface area (Å²) in [6.07, 6.45) is 1.45. The Morgan fingerprint density at radius 2 is 2.19 bits per heavy atom. The van der Waals surface area contributed by atoms with Gasteiger partial charge in [-0.1, -0.05) is 17.7 Å². The summed E-state index contributed by atoms with van der Waals surface area (Å²) in [6, 6.07) is 4.79. The molecule has 21 heavy (non-hydrogen) atoms. The van der Waals surface area contributed by atoms with Crippen LogP contribution in [0, 0.1) is 11.7 Å². The number of benzene rings is 1. The van der Waals surface area contributed by atoms with Gasteiger partial charge in [0.15, 0.2) is 0 Å². The highest BCUT2D eigenvalue weighted by Gasteiger charge is 2.29. The molecule has 0 aliphatic carbocycles. The molecule has 0 spiro atoms. The second-order valence-electron chi connectivity index (χ2n) is 6.53. The van der Waals surface area contributed by atoms with Gasteiger partial charge in [-0.3, -0.25) is 0 Å². The van der Waals surface area contributed by atoms with Crippen LogP contribution in [0.4, 0.5) is 9.18 Å². The van der Waals surface area contributed by atoms with Crippen molar-refractivity contribution in [2.45, 2.75) is 39.2 Å². The fourth-order valence-corrected chi connectivity index (χ4v) is 2.69. The largest absolute Gasteiger partial charge is 0.444 e. The topological polar surface area (TPSA) is 29.5 Å². The third kappa shape index (κ3) is 4.60. The average Bonchev–Trinajstić information content (AvgIpc) is 2.80.